The van der Waals surface area contributed by atoms with Crippen molar-refractivity contribution >= 4 is 7.60 Å². The zero-order valence-electron chi connectivity index (χ0n) is 9.35. The molecule has 10 heteroatoms. The molecule has 0 amide bonds. The Bertz CT molecular complexity index is 333. The van der Waals surface area contributed by atoms with Crippen LogP contribution in [0.5, 0.6) is 0 Å². The van der Waals surface area contributed by atoms with Crippen LogP contribution in [0.15, 0.2) is 5.34 Å². The van der Waals surface area contributed by atoms with Gasteiger partial charge in [-0.15, -0.1) is 4.91 Å². The number of nitrogens with zero attached hydrogens (tertiary/aromatic N) is 1. The van der Waals surface area contributed by atoms with Gasteiger partial charge in [0.15, 0.2) is 5.34 Å². The summed E-state index contributed by atoms with van der Waals surface area (Å²) in [5, 5.41) is -1.24. The van der Waals surface area contributed by atoms with Crippen molar-refractivity contribution in [2.75, 3.05) is 0 Å². The summed E-state index contributed by atoms with van der Waals surface area (Å²) in [6, 6.07) is 0. The molecule has 0 fully saturated rings. The molecule has 0 saturated heterocycles. The molecule has 0 aromatic heterocycles. The predicted octanol–water partition coefficient (Wildman–Crippen LogP) is 2.56. The van der Waals surface area contributed by atoms with Crippen LogP contribution in [0, 0.1) is 10.3 Å². The van der Waals surface area contributed by atoms with Gasteiger partial charge in [-0.3, -0.25) is 4.57 Å². The maximum absolute atomic E-state index is 12.4. The van der Waals surface area contributed by atoms with Crippen LogP contribution in [0.3, 0.4) is 0 Å². The molecule has 0 aliphatic heterocycles. The summed E-state index contributed by atoms with van der Waals surface area (Å²) in [6.45, 7) is 3.34. The highest BCUT2D eigenvalue weighted by Gasteiger charge is 2.64. The first-order chi connectivity index (χ1) is 7.27. The van der Waals surface area contributed by atoms with E-state index in [1.54, 1.807) is 5.34 Å². The van der Waals surface area contributed by atoms with Crippen LogP contribution >= 0.6 is 7.60 Å². The normalized spacial score (nSPS) is 17.4. The topological polar surface area (TPSA) is 96.2 Å². The smallest absolute Gasteiger partial charge is 0.343 e. The van der Waals surface area contributed by atoms with E-state index in [9.17, 15) is 22.6 Å². The van der Waals surface area contributed by atoms with Gasteiger partial charge in [-0.1, -0.05) is 20.8 Å². The summed E-state index contributed by atoms with van der Waals surface area (Å²) in [4.78, 5) is 32.0. The van der Waals surface area contributed by atoms with Crippen LogP contribution in [0.25, 0.3) is 0 Å². The SMILES string of the molecule is CC(C)(C)C(CC(F)(F)F)(ON=O)P(=O)(O)O. The number of hydrogen-bond acceptors (Lipinski definition) is 4. The van der Waals surface area contributed by atoms with E-state index in [-0.39, 0.29) is 0 Å². The number of rotatable bonds is 4. The fraction of sp³-hybridized carbons (Fsp3) is 1.00. The van der Waals surface area contributed by atoms with Gasteiger partial charge in [-0.05, 0) is 0 Å². The van der Waals surface area contributed by atoms with Gasteiger partial charge in [0.1, 0.15) is 0 Å². The van der Waals surface area contributed by atoms with Gasteiger partial charge in [0, 0.05) is 5.41 Å². The molecule has 17 heavy (non-hydrogen) atoms. The van der Waals surface area contributed by atoms with Crippen molar-refractivity contribution in [3.8, 4) is 0 Å². The van der Waals surface area contributed by atoms with Gasteiger partial charge >= 0.3 is 13.8 Å². The van der Waals surface area contributed by atoms with Crippen LogP contribution in [0.1, 0.15) is 27.2 Å². The van der Waals surface area contributed by atoms with Gasteiger partial charge in [-0.25, -0.2) is 0 Å². The molecule has 6 nitrogen and oxygen atoms in total. The molecule has 0 rings (SSSR count). The summed E-state index contributed by atoms with van der Waals surface area (Å²) in [7, 11) is -5.38. The van der Waals surface area contributed by atoms with E-state index in [4.69, 9.17) is 9.79 Å². The summed E-state index contributed by atoms with van der Waals surface area (Å²) in [6.07, 6.45) is -6.89. The Labute approximate surface area is 95.2 Å². The summed E-state index contributed by atoms with van der Waals surface area (Å²) in [5.74, 6) is 0. The lowest BCUT2D eigenvalue weighted by Gasteiger charge is -2.41. The number of alkyl halides is 3. The number of hydrogen-bond donors (Lipinski definition) is 2. The van der Waals surface area contributed by atoms with Crippen molar-refractivity contribution in [3.05, 3.63) is 4.91 Å². The highest BCUT2D eigenvalue weighted by atomic mass is 31.2. The van der Waals surface area contributed by atoms with Gasteiger partial charge in [0.2, 0.25) is 0 Å². The van der Waals surface area contributed by atoms with Gasteiger partial charge < -0.3 is 14.6 Å². The monoisotopic (exact) mass is 279 g/mol. The maximum Gasteiger partial charge on any atom is 0.393 e. The van der Waals surface area contributed by atoms with E-state index in [0.717, 1.165) is 20.8 Å². The molecule has 0 saturated carbocycles. The molecule has 0 aromatic carbocycles. The minimum absolute atomic E-state index is 1.11. The number of halogens is 3. The molecule has 1 unspecified atom stereocenters. The molecular weight excluding hydrogens is 266 g/mol. The summed E-state index contributed by atoms with van der Waals surface area (Å²) in [5.41, 5.74) is -1.64. The first-order valence-electron chi connectivity index (χ1n) is 4.40. The Morgan fingerprint density at radius 2 is 1.65 bits per heavy atom. The first-order valence-corrected chi connectivity index (χ1v) is 6.01. The van der Waals surface area contributed by atoms with Gasteiger partial charge in [0.25, 0.3) is 5.34 Å². The molecule has 0 aliphatic carbocycles. The van der Waals surface area contributed by atoms with Crippen LogP contribution in [0.2, 0.25) is 0 Å². The van der Waals surface area contributed by atoms with Crippen molar-refractivity contribution in [1.29, 1.82) is 0 Å². The Kier molecular flexibility index (Phi) is 4.37. The van der Waals surface area contributed by atoms with E-state index >= 15 is 0 Å². The molecule has 0 aliphatic rings. The first kappa shape index (κ1) is 16.3. The highest BCUT2D eigenvalue weighted by Crippen LogP contribution is 2.63. The van der Waals surface area contributed by atoms with E-state index < -0.39 is 31.0 Å². The molecule has 0 heterocycles. The third-order valence-electron chi connectivity index (χ3n) is 2.27. The Balaban J connectivity index is 5.76. The molecule has 0 aromatic rings. The van der Waals surface area contributed by atoms with Gasteiger partial charge in [0.05, 0.1) is 6.42 Å². The van der Waals surface area contributed by atoms with E-state index in [0.29, 0.717) is 0 Å². The predicted molar refractivity (Wildman–Crippen MR) is 51.8 cm³/mol. The van der Waals surface area contributed by atoms with Crippen LogP contribution in [-0.2, 0) is 9.40 Å². The van der Waals surface area contributed by atoms with E-state index in [1.165, 1.54) is 0 Å². The standard InChI is InChI=1S/C7H13F3NO5P/c1-5(2,3)6(16-11-12,17(13,14)15)4-7(8,9)10/h4H2,1-3H3,(H2,13,14,15). The molecule has 1 atom stereocenters. The minimum atomic E-state index is -5.38. The van der Waals surface area contributed by atoms with E-state index in [1.807, 2.05) is 0 Å². The largest absolute Gasteiger partial charge is 0.393 e. The van der Waals surface area contributed by atoms with Crippen LogP contribution in [0.4, 0.5) is 13.2 Å². The summed E-state index contributed by atoms with van der Waals surface area (Å²) >= 11 is 0. The molecule has 0 radical (unpaired) electrons. The fourth-order valence-electron chi connectivity index (χ4n) is 1.36. The van der Waals surface area contributed by atoms with Crippen molar-refractivity contribution < 1.29 is 32.4 Å². The van der Waals surface area contributed by atoms with E-state index in [2.05, 4.69) is 4.84 Å². The van der Waals surface area contributed by atoms with Crippen molar-refractivity contribution in [2.45, 2.75) is 38.7 Å². The molecular formula is C7H13F3NO5P. The van der Waals surface area contributed by atoms with Crippen molar-refractivity contribution in [1.82, 2.24) is 0 Å². The Morgan fingerprint density at radius 1 is 1.24 bits per heavy atom. The molecule has 0 bridgehead atoms. The second-order valence-corrected chi connectivity index (χ2v) is 6.35. The lowest BCUT2D eigenvalue weighted by molar-refractivity contribution is -0.194. The third-order valence-corrected chi connectivity index (χ3v) is 4.12. The quantitative estimate of drug-likeness (QED) is 0.468. The zero-order valence-corrected chi connectivity index (χ0v) is 10.2. The Morgan fingerprint density at radius 3 is 1.82 bits per heavy atom. The maximum atomic E-state index is 12.4. The minimum Gasteiger partial charge on any atom is -0.343 e. The lowest BCUT2D eigenvalue weighted by atomic mass is 9.86. The second-order valence-electron chi connectivity index (χ2n) is 4.54. The van der Waals surface area contributed by atoms with Crippen LogP contribution in [-0.4, -0.2) is 21.3 Å². The lowest BCUT2D eigenvalue weighted by Crippen LogP contribution is -2.47. The van der Waals surface area contributed by atoms with Crippen molar-refractivity contribution in [3.63, 3.8) is 0 Å². The van der Waals surface area contributed by atoms with Gasteiger partial charge in [-0.2, -0.15) is 13.2 Å². The second kappa shape index (κ2) is 4.55. The zero-order chi connectivity index (χ0) is 14.1. The third kappa shape index (κ3) is 3.65. The molecule has 0 spiro atoms. The average molecular weight is 279 g/mol. The van der Waals surface area contributed by atoms with Crippen molar-refractivity contribution in [2.24, 2.45) is 10.8 Å². The highest BCUT2D eigenvalue weighted by molar-refractivity contribution is 7.53. The fourth-order valence-corrected chi connectivity index (χ4v) is 2.76. The average Bonchev–Trinajstić information content (AvgIpc) is 1.96. The molecule has 102 valence electrons. The summed E-state index contributed by atoms with van der Waals surface area (Å²) < 4.78 is 48.3. The Hall–Kier alpha value is -0.660. The molecule has 2 N–H and O–H groups in total. The van der Waals surface area contributed by atoms with Crippen LogP contribution < -0.4 is 0 Å².